The third-order valence-electron chi connectivity index (χ3n) is 16.8. The first-order valence-electron chi connectivity index (χ1n) is 25.3. The Labute approximate surface area is 383 Å². The first kappa shape index (κ1) is 50.4. The van der Waals surface area contributed by atoms with E-state index in [1.165, 1.54) is 31.3 Å². The number of carbonyl (C=O) groups excluding carboxylic acids is 4. The molecule has 0 aromatic carbocycles. The lowest BCUT2D eigenvalue weighted by atomic mass is 9.47. The second-order valence-electron chi connectivity index (χ2n) is 21.2. The topological polar surface area (TPSA) is 149 Å². The van der Waals surface area contributed by atoms with Crippen LogP contribution in [-0.4, -0.2) is 104 Å². The third kappa shape index (κ3) is 13.6. The number of Topliss-reactive ketones (excluding diaryl/α,β-unsaturated/α-hetero) is 2. The molecule has 12 heteroatoms. The van der Waals surface area contributed by atoms with Crippen molar-refractivity contribution >= 4 is 35.3 Å². The molecule has 0 bridgehead atoms. The number of aliphatic hydroxyl groups excluding tert-OH is 1. The van der Waals surface area contributed by atoms with Crippen LogP contribution in [0, 0.1) is 46.3 Å². The smallest absolute Gasteiger partial charge is 0.315 e. The van der Waals surface area contributed by atoms with E-state index in [1.54, 1.807) is 0 Å². The number of ether oxygens (including phenoxy) is 4. The van der Waals surface area contributed by atoms with Gasteiger partial charge in [-0.3, -0.25) is 14.4 Å². The van der Waals surface area contributed by atoms with Crippen LogP contribution in [0.5, 0.6) is 0 Å². The molecule has 0 spiro atoms. The van der Waals surface area contributed by atoms with Crippen molar-refractivity contribution in [3.8, 4) is 0 Å². The molecule has 3 saturated carbocycles. The van der Waals surface area contributed by atoms with Crippen molar-refractivity contribution in [1.82, 2.24) is 10.6 Å². The molecule has 2 saturated heterocycles. The van der Waals surface area contributed by atoms with E-state index in [-0.39, 0.29) is 66.1 Å². The molecule has 0 radical (unpaired) electrons. The summed E-state index contributed by atoms with van der Waals surface area (Å²) in [5.74, 6) is 5.03. The molecule has 11 nitrogen and oxygen atoms in total. The van der Waals surface area contributed by atoms with E-state index in [0.29, 0.717) is 93.7 Å². The lowest BCUT2D eigenvalue weighted by molar-refractivity contribution is -0.152. The van der Waals surface area contributed by atoms with E-state index in [2.05, 4.69) is 51.3 Å². The number of allylic oxidation sites excluding steroid dienone is 1. The molecule has 2 aliphatic heterocycles. The van der Waals surface area contributed by atoms with E-state index >= 15 is 0 Å². The summed E-state index contributed by atoms with van der Waals surface area (Å²) in [7, 11) is 0. The second kappa shape index (κ2) is 24.2. The molecule has 12 atom stereocenters. The van der Waals surface area contributed by atoms with Gasteiger partial charge in [-0.15, -0.1) is 0 Å². The average Bonchev–Trinajstić information content (AvgIpc) is 3.93. The maximum atomic E-state index is 12.9. The van der Waals surface area contributed by atoms with Crippen molar-refractivity contribution in [3.63, 3.8) is 0 Å². The summed E-state index contributed by atoms with van der Waals surface area (Å²) in [6.07, 6.45) is 19.7. The molecular weight excluding hydrogens is 817 g/mol. The van der Waals surface area contributed by atoms with Gasteiger partial charge in [0.25, 0.3) is 0 Å². The van der Waals surface area contributed by atoms with Gasteiger partial charge in [0.15, 0.2) is 0 Å². The van der Waals surface area contributed by atoms with Gasteiger partial charge < -0.3 is 34.7 Å². The summed E-state index contributed by atoms with van der Waals surface area (Å²) < 4.78 is 22.8. The highest BCUT2D eigenvalue weighted by molar-refractivity contribution is 8.00. The van der Waals surface area contributed by atoms with Crippen LogP contribution in [0.1, 0.15) is 163 Å². The fraction of sp³-hybridized carbons (Fsp3) is 0.882. The second-order valence-corrected chi connectivity index (χ2v) is 22.5. The van der Waals surface area contributed by atoms with E-state index in [9.17, 15) is 24.3 Å². The fourth-order valence-corrected chi connectivity index (χ4v) is 14.5. The quantitative estimate of drug-likeness (QED) is 0.0300. The molecule has 2 heterocycles. The highest BCUT2D eigenvalue weighted by Crippen LogP contribution is 2.67. The zero-order chi connectivity index (χ0) is 45.0. The van der Waals surface area contributed by atoms with E-state index < -0.39 is 0 Å². The molecule has 5 fully saturated rings. The minimum atomic E-state index is -0.253. The van der Waals surface area contributed by atoms with Crippen molar-refractivity contribution in [2.45, 2.75) is 193 Å². The lowest BCUT2D eigenvalue weighted by Crippen LogP contribution is -2.51. The van der Waals surface area contributed by atoms with Gasteiger partial charge in [-0.25, -0.2) is 4.79 Å². The van der Waals surface area contributed by atoms with Gasteiger partial charge in [-0.05, 0) is 130 Å². The number of nitrogens with one attached hydrogen (secondary N) is 2. The van der Waals surface area contributed by atoms with Gasteiger partial charge >= 0.3 is 12.0 Å². The molecule has 0 aromatic heterocycles. The zero-order valence-electron chi connectivity index (χ0n) is 39.6. The number of ketones is 2. The normalized spacial score (nSPS) is 33.1. The highest BCUT2D eigenvalue weighted by Gasteiger charge is 2.59. The summed E-state index contributed by atoms with van der Waals surface area (Å²) in [6, 6.07) is 0.425. The predicted octanol–water partition coefficient (Wildman–Crippen LogP) is 9.16. The van der Waals surface area contributed by atoms with Gasteiger partial charge in [-0.2, -0.15) is 11.8 Å². The minimum Gasteiger partial charge on any atom is -0.462 e. The van der Waals surface area contributed by atoms with Crippen molar-refractivity contribution in [2.75, 3.05) is 45.4 Å². The summed E-state index contributed by atoms with van der Waals surface area (Å²) >= 11 is 1.92. The van der Waals surface area contributed by atoms with Gasteiger partial charge in [0.2, 0.25) is 0 Å². The third-order valence-corrected chi connectivity index (χ3v) is 18.3. The fourth-order valence-electron chi connectivity index (χ4n) is 13.0. The number of aliphatic hydroxyl groups is 1. The number of hydrogen-bond acceptors (Lipinski definition) is 10. The Morgan fingerprint density at radius 3 is 2.19 bits per heavy atom. The Morgan fingerprint density at radius 2 is 1.48 bits per heavy atom. The summed E-state index contributed by atoms with van der Waals surface area (Å²) in [5.41, 5.74) is 2.10. The highest BCUT2D eigenvalue weighted by atomic mass is 32.2. The maximum absolute atomic E-state index is 12.9. The van der Waals surface area contributed by atoms with Gasteiger partial charge in [0, 0.05) is 56.3 Å². The van der Waals surface area contributed by atoms with Crippen LogP contribution >= 0.6 is 11.8 Å². The summed E-state index contributed by atoms with van der Waals surface area (Å²) in [5, 5.41) is 16.9. The van der Waals surface area contributed by atoms with Gasteiger partial charge in [0.1, 0.15) is 17.7 Å². The largest absolute Gasteiger partial charge is 0.462 e. The number of fused-ring (bicyclic) bond motifs is 6. The van der Waals surface area contributed by atoms with Crippen LogP contribution in [0.15, 0.2) is 11.6 Å². The zero-order valence-corrected chi connectivity index (χ0v) is 40.5. The Morgan fingerprint density at radius 1 is 0.794 bits per heavy atom. The van der Waals surface area contributed by atoms with Crippen LogP contribution in [0.2, 0.25) is 0 Å². The van der Waals surface area contributed by atoms with Crippen molar-refractivity contribution in [3.05, 3.63) is 11.6 Å². The molecule has 6 rings (SSSR count). The monoisotopic (exact) mass is 901 g/mol. The summed E-state index contributed by atoms with van der Waals surface area (Å²) in [4.78, 5) is 49.2. The molecular formula is C51H84N2O9S. The number of unbranched alkanes of at least 4 members (excludes halogenated alkanes) is 1. The Hall–Kier alpha value is -1.99. The molecule has 0 aromatic rings. The first-order valence-corrected chi connectivity index (χ1v) is 26.4. The minimum absolute atomic E-state index is 0.0539. The van der Waals surface area contributed by atoms with Crippen LogP contribution < -0.4 is 10.6 Å². The molecule has 2 amide bonds. The molecule has 6 aliphatic rings. The number of rotatable bonds is 28. The SMILES string of the molecule is CC(CC[C@H](O)C(C)C)[C@H]1CCC2C3CC=C4C[C@@H](OC(=O)CCC(=O)CCCOCCOCCOCCCC(=O)CCCC[C@@H]5SCC6NC(=O)NC65)CC[C@]4(C)C3CC[C@@]21C. The van der Waals surface area contributed by atoms with Crippen molar-refractivity contribution in [1.29, 1.82) is 0 Å². The number of urea groups is 1. The van der Waals surface area contributed by atoms with Crippen molar-refractivity contribution in [2.24, 2.45) is 46.3 Å². The van der Waals surface area contributed by atoms with E-state index in [4.69, 9.17) is 18.9 Å². The molecule has 6 unspecified atom stereocenters. The molecule has 358 valence electrons. The molecule has 63 heavy (non-hydrogen) atoms. The lowest BCUT2D eigenvalue weighted by Gasteiger charge is -2.58. The number of esters is 1. The number of amides is 2. The molecule has 3 N–H and O–H groups in total. The molecule has 4 aliphatic carbocycles. The predicted molar refractivity (Wildman–Crippen MR) is 248 cm³/mol. The average molecular weight is 901 g/mol. The van der Waals surface area contributed by atoms with E-state index in [0.717, 1.165) is 87.7 Å². The number of hydrogen-bond donors (Lipinski definition) is 3. The Kier molecular flexibility index (Phi) is 19.3. The maximum Gasteiger partial charge on any atom is 0.315 e. The summed E-state index contributed by atoms with van der Waals surface area (Å²) in [6.45, 7) is 14.7. The number of carbonyl (C=O) groups is 4. The van der Waals surface area contributed by atoms with Crippen LogP contribution in [0.25, 0.3) is 0 Å². The van der Waals surface area contributed by atoms with Crippen LogP contribution in [0.3, 0.4) is 0 Å². The number of thioether (sulfide) groups is 1. The first-order chi connectivity index (χ1) is 30.3. The van der Waals surface area contributed by atoms with Crippen molar-refractivity contribution < 1.29 is 43.2 Å². The van der Waals surface area contributed by atoms with Crippen LogP contribution in [-0.2, 0) is 33.3 Å². The Balaban J connectivity index is 0.741. The van der Waals surface area contributed by atoms with Gasteiger partial charge in [0.05, 0.1) is 51.0 Å². The standard InChI is InChI=1S/C51H84N2O9S/c1-34(2)45(56)20-14-35(3)41-18-19-42-40-17-15-36-32-39(22-24-50(36,4)43(40)23-25-51(41,42)5)62-47(57)21-16-38(55)12-9-27-60-29-31-61-30-28-59-26-8-11-37(54)10-6-7-13-46-48-44(33-63-46)52-49(58)53-48/h15,34-35,39-46,48,56H,6-14,16-33H2,1-5H3,(H2,52,53,58)/t35?,39-,40?,41+,42?,43?,44?,45-,46-,48?,50-,51+/m0/s1. The Bertz CT molecular complexity index is 1540. The van der Waals surface area contributed by atoms with E-state index in [1.807, 2.05) is 11.8 Å². The van der Waals surface area contributed by atoms with Crippen LogP contribution in [0.4, 0.5) is 4.79 Å². The van der Waals surface area contributed by atoms with Gasteiger partial charge in [-0.1, -0.05) is 52.7 Å².